The van der Waals surface area contributed by atoms with Crippen LogP contribution in [0.1, 0.15) is 24.1 Å². The number of benzene rings is 1. The third kappa shape index (κ3) is 4.20. The largest absolute Gasteiger partial charge is 0.380 e. The number of nitrogens with two attached hydrogens (primary N) is 1. The molecule has 1 aromatic rings. The summed E-state index contributed by atoms with van der Waals surface area (Å²) in [5.41, 5.74) is 8.05. The second kappa shape index (κ2) is 7.08. The molecule has 0 saturated carbocycles. The molecule has 0 aliphatic heterocycles. The highest BCUT2D eigenvalue weighted by Gasteiger charge is 2.11. The van der Waals surface area contributed by atoms with Crippen molar-refractivity contribution in [2.24, 2.45) is 5.73 Å². The average molecular weight is 232 g/mol. The number of hydrogen-bond donors (Lipinski definition) is 2. The Labute approximate surface area is 103 Å². The molecule has 0 spiro atoms. The molecule has 0 heterocycles. The maximum atomic E-state index is 5.77. The Hall–Kier alpha value is -1.34. The molecule has 0 aliphatic carbocycles. The van der Waals surface area contributed by atoms with Crippen LogP contribution in [0.3, 0.4) is 0 Å². The van der Waals surface area contributed by atoms with Crippen molar-refractivity contribution in [2.75, 3.05) is 13.7 Å². The van der Waals surface area contributed by atoms with Gasteiger partial charge in [0.15, 0.2) is 0 Å². The van der Waals surface area contributed by atoms with Gasteiger partial charge in [0, 0.05) is 19.7 Å². The van der Waals surface area contributed by atoms with E-state index in [9.17, 15) is 0 Å². The zero-order valence-electron chi connectivity index (χ0n) is 10.4. The van der Waals surface area contributed by atoms with Crippen molar-refractivity contribution >= 4 is 0 Å². The second-order valence-corrected chi connectivity index (χ2v) is 4.02. The van der Waals surface area contributed by atoms with Crippen LogP contribution in [0.5, 0.6) is 0 Å². The van der Waals surface area contributed by atoms with Gasteiger partial charge in [-0.15, -0.1) is 6.42 Å². The van der Waals surface area contributed by atoms with Gasteiger partial charge >= 0.3 is 0 Å². The Bertz CT molecular complexity index is 384. The summed E-state index contributed by atoms with van der Waals surface area (Å²) < 4.78 is 5.11. The van der Waals surface area contributed by atoms with Crippen LogP contribution in [0, 0.1) is 12.3 Å². The fraction of sp³-hybridized carbons (Fsp3) is 0.429. The minimum Gasteiger partial charge on any atom is -0.380 e. The highest BCUT2D eigenvalue weighted by molar-refractivity contribution is 5.26. The van der Waals surface area contributed by atoms with E-state index in [1.165, 1.54) is 0 Å². The van der Waals surface area contributed by atoms with Crippen molar-refractivity contribution in [3.05, 3.63) is 35.4 Å². The summed E-state index contributed by atoms with van der Waals surface area (Å²) in [4.78, 5) is 0. The van der Waals surface area contributed by atoms with E-state index in [1.54, 1.807) is 7.11 Å². The second-order valence-electron chi connectivity index (χ2n) is 4.02. The molecule has 2 atom stereocenters. The number of terminal acetylenes is 1. The van der Waals surface area contributed by atoms with Gasteiger partial charge < -0.3 is 10.5 Å². The quantitative estimate of drug-likeness (QED) is 0.730. The molecule has 0 bridgehead atoms. The SMILES string of the molecule is C#CC(C)NC(CN)c1cccc(COC)c1. The summed E-state index contributed by atoms with van der Waals surface area (Å²) in [6.45, 7) is 3.07. The van der Waals surface area contributed by atoms with E-state index < -0.39 is 0 Å². The zero-order chi connectivity index (χ0) is 12.7. The predicted molar refractivity (Wildman–Crippen MR) is 70.4 cm³/mol. The lowest BCUT2D eigenvalue weighted by Gasteiger charge is -2.20. The Morgan fingerprint density at radius 2 is 2.29 bits per heavy atom. The van der Waals surface area contributed by atoms with Gasteiger partial charge in [-0.05, 0) is 18.1 Å². The van der Waals surface area contributed by atoms with Crippen molar-refractivity contribution < 1.29 is 4.74 Å². The van der Waals surface area contributed by atoms with Gasteiger partial charge in [-0.25, -0.2) is 0 Å². The highest BCUT2D eigenvalue weighted by Crippen LogP contribution is 2.15. The Kier molecular flexibility index (Phi) is 5.71. The summed E-state index contributed by atoms with van der Waals surface area (Å²) in [7, 11) is 1.69. The molecule has 17 heavy (non-hydrogen) atoms. The van der Waals surface area contributed by atoms with Crippen molar-refractivity contribution in [1.82, 2.24) is 5.32 Å². The first-order valence-corrected chi connectivity index (χ1v) is 5.71. The van der Waals surface area contributed by atoms with Gasteiger partial charge in [0.2, 0.25) is 0 Å². The minimum atomic E-state index is 0.00892. The number of nitrogens with one attached hydrogen (secondary N) is 1. The molecule has 1 rings (SSSR count). The van der Waals surface area contributed by atoms with Crippen LogP contribution in [0.4, 0.5) is 0 Å². The van der Waals surface area contributed by atoms with E-state index in [4.69, 9.17) is 16.9 Å². The highest BCUT2D eigenvalue weighted by atomic mass is 16.5. The maximum Gasteiger partial charge on any atom is 0.0713 e. The van der Waals surface area contributed by atoms with Crippen LogP contribution in [-0.2, 0) is 11.3 Å². The van der Waals surface area contributed by atoms with Gasteiger partial charge in [0.25, 0.3) is 0 Å². The lowest BCUT2D eigenvalue weighted by atomic mass is 10.0. The Morgan fingerprint density at radius 3 is 2.88 bits per heavy atom. The molecule has 2 unspecified atom stereocenters. The van der Waals surface area contributed by atoms with Gasteiger partial charge in [-0.1, -0.05) is 30.2 Å². The molecule has 0 amide bonds. The fourth-order valence-corrected chi connectivity index (χ4v) is 1.72. The number of ether oxygens (including phenoxy) is 1. The Morgan fingerprint density at radius 1 is 1.53 bits per heavy atom. The van der Waals surface area contributed by atoms with Crippen molar-refractivity contribution in [3.63, 3.8) is 0 Å². The molecule has 3 heteroatoms. The number of methoxy groups -OCH3 is 1. The molecule has 92 valence electrons. The predicted octanol–water partition coefficient (Wildman–Crippen LogP) is 1.44. The monoisotopic (exact) mass is 232 g/mol. The van der Waals surface area contributed by atoms with Gasteiger partial charge in [0.1, 0.15) is 0 Å². The van der Waals surface area contributed by atoms with E-state index >= 15 is 0 Å². The van der Waals surface area contributed by atoms with Crippen LogP contribution < -0.4 is 11.1 Å². The molecule has 3 N–H and O–H groups in total. The third-order valence-corrected chi connectivity index (χ3v) is 2.60. The van der Waals surface area contributed by atoms with Crippen LogP contribution >= 0.6 is 0 Å². The van der Waals surface area contributed by atoms with E-state index in [1.807, 2.05) is 25.1 Å². The van der Waals surface area contributed by atoms with Crippen LogP contribution in [0.15, 0.2) is 24.3 Å². The van der Waals surface area contributed by atoms with Crippen LogP contribution in [0.2, 0.25) is 0 Å². The standard InChI is InChI=1S/C14H20N2O/c1-4-11(2)16-14(9-15)13-7-5-6-12(8-13)10-17-3/h1,5-8,11,14,16H,9-10,15H2,2-3H3. The molecule has 0 fully saturated rings. The molecule has 3 nitrogen and oxygen atoms in total. The molecular weight excluding hydrogens is 212 g/mol. The molecule has 0 radical (unpaired) electrons. The molecule has 0 aromatic heterocycles. The molecule has 1 aromatic carbocycles. The number of rotatable bonds is 6. The number of hydrogen-bond acceptors (Lipinski definition) is 3. The van der Waals surface area contributed by atoms with Gasteiger partial charge in [-0.3, -0.25) is 5.32 Å². The van der Waals surface area contributed by atoms with Gasteiger partial charge in [-0.2, -0.15) is 0 Å². The summed E-state index contributed by atoms with van der Waals surface area (Å²) in [6.07, 6.45) is 5.36. The maximum absolute atomic E-state index is 5.77. The smallest absolute Gasteiger partial charge is 0.0713 e. The summed E-state index contributed by atoms with van der Waals surface area (Å²) in [5, 5.41) is 3.30. The summed E-state index contributed by atoms with van der Waals surface area (Å²) in [5.74, 6) is 2.65. The lowest BCUT2D eigenvalue weighted by Crippen LogP contribution is -2.34. The van der Waals surface area contributed by atoms with Crippen molar-refractivity contribution in [1.29, 1.82) is 0 Å². The lowest BCUT2D eigenvalue weighted by molar-refractivity contribution is 0.185. The summed E-state index contributed by atoms with van der Waals surface area (Å²) in [6, 6.07) is 8.27. The van der Waals surface area contributed by atoms with E-state index in [2.05, 4.69) is 17.3 Å². The van der Waals surface area contributed by atoms with Crippen LogP contribution in [0.25, 0.3) is 0 Å². The van der Waals surface area contributed by atoms with Gasteiger partial charge in [0.05, 0.1) is 12.6 Å². The van der Waals surface area contributed by atoms with E-state index in [0.717, 1.165) is 11.1 Å². The third-order valence-electron chi connectivity index (χ3n) is 2.60. The fourth-order valence-electron chi connectivity index (χ4n) is 1.72. The summed E-state index contributed by atoms with van der Waals surface area (Å²) >= 11 is 0. The van der Waals surface area contributed by atoms with Crippen molar-refractivity contribution in [3.8, 4) is 12.3 Å². The topological polar surface area (TPSA) is 47.3 Å². The molecular formula is C14H20N2O. The first-order valence-electron chi connectivity index (χ1n) is 5.71. The first kappa shape index (κ1) is 13.7. The first-order chi connectivity index (χ1) is 8.21. The normalized spacial score (nSPS) is 14.0. The Balaban J connectivity index is 2.81. The van der Waals surface area contributed by atoms with E-state index in [0.29, 0.717) is 13.2 Å². The zero-order valence-corrected chi connectivity index (χ0v) is 10.4. The molecule has 0 aliphatic rings. The molecule has 0 saturated heterocycles. The van der Waals surface area contributed by atoms with Crippen molar-refractivity contribution in [2.45, 2.75) is 25.6 Å². The minimum absolute atomic E-state index is 0.00892. The van der Waals surface area contributed by atoms with E-state index in [-0.39, 0.29) is 12.1 Å². The van der Waals surface area contributed by atoms with Crippen LogP contribution in [-0.4, -0.2) is 19.7 Å². The average Bonchev–Trinajstić information content (AvgIpc) is 2.36.